The molecule has 0 bridgehead atoms. The molecule has 0 aromatic carbocycles. The number of piperidine rings is 1. The Kier molecular flexibility index (Phi) is 2.44. The molecule has 2 heteroatoms. The van der Waals surface area contributed by atoms with Crippen LogP contribution in [0.1, 0.15) is 32.1 Å². The van der Waals surface area contributed by atoms with Gasteiger partial charge in [0.1, 0.15) is 0 Å². The first-order chi connectivity index (χ1) is 5.45. The predicted octanol–water partition coefficient (Wildman–Crippen LogP) is 0.880. The van der Waals surface area contributed by atoms with E-state index in [0.29, 0.717) is 0 Å². The van der Waals surface area contributed by atoms with Crippen molar-refractivity contribution in [2.75, 3.05) is 13.1 Å². The second-order valence-electron chi connectivity index (χ2n) is 3.82. The SMILES string of the molecule is C1CC(NC2CCNCC2)C1. The Morgan fingerprint density at radius 2 is 1.55 bits per heavy atom. The zero-order valence-corrected chi connectivity index (χ0v) is 7.10. The summed E-state index contributed by atoms with van der Waals surface area (Å²) in [6, 6.07) is 1.69. The number of nitrogens with one attached hydrogen (secondary N) is 2. The lowest BCUT2D eigenvalue weighted by Crippen LogP contribution is -2.47. The Labute approximate surface area is 68.7 Å². The average molecular weight is 154 g/mol. The largest absolute Gasteiger partial charge is 0.317 e. The monoisotopic (exact) mass is 154 g/mol. The van der Waals surface area contributed by atoms with Crippen molar-refractivity contribution < 1.29 is 0 Å². The lowest BCUT2D eigenvalue weighted by atomic mass is 9.91. The summed E-state index contributed by atoms with van der Waals surface area (Å²) in [7, 11) is 0. The topological polar surface area (TPSA) is 24.1 Å². The normalized spacial score (nSPS) is 28.4. The molecule has 0 aromatic heterocycles. The van der Waals surface area contributed by atoms with Gasteiger partial charge in [0, 0.05) is 12.1 Å². The van der Waals surface area contributed by atoms with Gasteiger partial charge in [0.2, 0.25) is 0 Å². The zero-order chi connectivity index (χ0) is 7.52. The van der Waals surface area contributed by atoms with Crippen LogP contribution in [-0.4, -0.2) is 25.2 Å². The van der Waals surface area contributed by atoms with Gasteiger partial charge >= 0.3 is 0 Å². The van der Waals surface area contributed by atoms with Crippen molar-refractivity contribution in [1.29, 1.82) is 0 Å². The van der Waals surface area contributed by atoms with Crippen LogP contribution in [0.2, 0.25) is 0 Å². The quantitative estimate of drug-likeness (QED) is 0.617. The van der Waals surface area contributed by atoms with Crippen molar-refractivity contribution in [2.45, 2.75) is 44.2 Å². The van der Waals surface area contributed by atoms with Gasteiger partial charge in [0.15, 0.2) is 0 Å². The minimum Gasteiger partial charge on any atom is -0.317 e. The van der Waals surface area contributed by atoms with Gasteiger partial charge in [-0.3, -0.25) is 0 Å². The molecule has 0 amide bonds. The summed E-state index contributed by atoms with van der Waals surface area (Å²) in [5.74, 6) is 0. The standard InChI is InChI=1S/C9H18N2/c1-2-8(3-1)11-9-4-6-10-7-5-9/h8-11H,1-7H2. The molecule has 1 heterocycles. The third-order valence-corrected chi connectivity index (χ3v) is 2.92. The molecular weight excluding hydrogens is 136 g/mol. The summed E-state index contributed by atoms with van der Waals surface area (Å²) in [4.78, 5) is 0. The van der Waals surface area contributed by atoms with Crippen LogP contribution in [0.3, 0.4) is 0 Å². The van der Waals surface area contributed by atoms with Crippen molar-refractivity contribution in [1.82, 2.24) is 10.6 Å². The van der Waals surface area contributed by atoms with E-state index in [1.807, 2.05) is 0 Å². The van der Waals surface area contributed by atoms with Gasteiger partial charge in [0.25, 0.3) is 0 Å². The van der Waals surface area contributed by atoms with E-state index in [4.69, 9.17) is 0 Å². The van der Waals surface area contributed by atoms with Crippen LogP contribution in [0.25, 0.3) is 0 Å². The van der Waals surface area contributed by atoms with Crippen LogP contribution in [0.15, 0.2) is 0 Å². The van der Waals surface area contributed by atoms with E-state index in [-0.39, 0.29) is 0 Å². The Balaban J connectivity index is 1.67. The molecular formula is C9H18N2. The lowest BCUT2D eigenvalue weighted by molar-refractivity contribution is 0.272. The third kappa shape index (κ3) is 1.94. The molecule has 0 spiro atoms. The summed E-state index contributed by atoms with van der Waals surface area (Å²) in [5, 5.41) is 7.10. The second-order valence-corrected chi connectivity index (χ2v) is 3.82. The predicted molar refractivity (Wildman–Crippen MR) is 46.7 cm³/mol. The van der Waals surface area contributed by atoms with E-state index in [1.54, 1.807) is 0 Å². The molecule has 0 radical (unpaired) electrons. The second kappa shape index (κ2) is 3.55. The molecule has 2 fully saturated rings. The van der Waals surface area contributed by atoms with Crippen LogP contribution in [-0.2, 0) is 0 Å². The molecule has 11 heavy (non-hydrogen) atoms. The van der Waals surface area contributed by atoms with Crippen molar-refractivity contribution in [3.8, 4) is 0 Å². The van der Waals surface area contributed by atoms with Crippen LogP contribution in [0.5, 0.6) is 0 Å². The van der Waals surface area contributed by atoms with Gasteiger partial charge < -0.3 is 10.6 Å². The van der Waals surface area contributed by atoms with Gasteiger partial charge in [-0.05, 0) is 38.8 Å². The first-order valence-corrected chi connectivity index (χ1v) is 4.92. The summed E-state index contributed by atoms with van der Waals surface area (Å²) in [6.07, 6.45) is 6.95. The summed E-state index contributed by atoms with van der Waals surface area (Å²) >= 11 is 0. The number of hydrogen-bond acceptors (Lipinski definition) is 2. The van der Waals surface area contributed by atoms with Crippen molar-refractivity contribution in [2.24, 2.45) is 0 Å². The highest BCUT2D eigenvalue weighted by atomic mass is 15.0. The highest BCUT2D eigenvalue weighted by Gasteiger charge is 2.21. The first kappa shape index (κ1) is 7.56. The van der Waals surface area contributed by atoms with Crippen molar-refractivity contribution >= 4 is 0 Å². The zero-order valence-electron chi connectivity index (χ0n) is 7.10. The third-order valence-electron chi connectivity index (χ3n) is 2.92. The van der Waals surface area contributed by atoms with E-state index in [2.05, 4.69) is 10.6 Å². The van der Waals surface area contributed by atoms with Gasteiger partial charge in [-0.1, -0.05) is 6.42 Å². The minimum absolute atomic E-state index is 0.821. The van der Waals surface area contributed by atoms with Crippen molar-refractivity contribution in [3.05, 3.63) is 0 Å². The fourth-order valence-corrected chi connectivity index (χ4v) is 1.90. The molecule has 2 nitrogen and oxygen atoms in total. The first-order valence-electron chi connectivity index (χ1n) is 4.92. The smallest absolute Gasteiger partial charge is 0.00938 e. The van der Waals surface area contributed by atoms with Gasteiger partial charge in [-0.15, -0.1) is 0 Å². The summed E-state index contributed by atoms with van der Waals surface area (Å²) in [6.45, 7) is 2.43. The average Bonchev–Trinajstić information content (AvgIpc) is 1.99. The molecule has 2 rings (SSSR count). The highest BCUT2D eigenvalue weighted by molar-refractivity contribution is 4.83. The Bertz CT molecular complexity index is 115. The fourth-order valence-electron chi connectivity index (χ4n) is 1.90. The number of hydrogen-bond donors (Lipinski definition) is 2. The maximum absolute atomic E-state index is 3.72. The number of rotatable bonds is 2. The molecule has 1 saturated heterocycles. The Morgan fingerprint density at radius 1 is 0.909 bits per heavy atom. The summed E-state index contributed by atoms with van der Waals surface area (Å²) < 4.78 is 0. The lowest BCUT2D eigenvalue weighted by Gasteiger charge is -2.33. The maximum atomic E-state index is 3.72. The molecule has 2 aliphatic rings. The maximum Gasteiger partial charge on any atom is 0.00938 e. The van der Waals surface area contributed by atoms with Crippen LogP contribution in [0.4, 0.5) is 0 Å². The molecule has 0 aromatic rings. The van der Waals surface area contributed by atoms with E-state index in [9.17, 15) is 0 Å². The fraction of sp³-hybridized carbons (Fsp3) is 1.00. The Morgan fingerprint density at radius 3 is 2.09 bits per heavy atom. The van der Waals surface area contributed by atoms with E-state index >= 15 is 0 Å². The molecule has 1 saturated carbocycles. The van der Waals surface area contributed by atoms with E-state index in [0.717, 1.165) is 12.1 Å². The Hall–Kier alpha value is -0.0800. The highest BCUT2D eigenvalue weighted by Crippen LogP contribution is 2.19. The van der Waals surface area contributed by atoms with E-state index in [1.165, 1.54) is 45.2 Å². The van der Waals surface area contributed by atoms with Crippen LogP contribution < -0.4 is 10.6 Å². The van der Waals surface area contributed by atoms with Gasteiger partial charge in [-0.2, -0.15) is 0 Å². The molecule has 1 aliphatic carbocycles. The minimum atomic E-state index is 0.821. The molecule has 0 atom stereocenters. The molecule has 0 unspecified atom stereocenters. The molecule has 2 N–H and O–H groups in total. The summed E-state index contributed by atoms with van der Waals surface area (Å²) in [5.41, 5.74) is 0. The molecule has 64 valence electrons. The van der Waals surface area contributed by atoms with Crippen LogP contribution in [0, 0.1) is 0 Å². The van der Waals surface area contributed by atoms with Gasteiger partial charge in [0.05, 0.1) is 0 Å². The van der Waals surface area contributed by atoms with Gasteiger partial charge in [-0.25, -0.2) is 0 Å². The van der Waals surface area contributed by atoms with Crippen LogP contribution >= 0.6 is 0 Å². The molecule has 1 aliphatic heterocycles. The van der Waals surface area contributed by atoms with E-state index < -0.39 is 0 Å². The van der Waals surface area contributed by atoms with Crippen molar-refractivity contribution in [3.63, 3.8) is 0 Å².